The first kappa shape index (κ1) is 48.1. The highest BCUT2D eigenvalue weighted by Gasteiger charge is 2.52. The lowest BCUT2D eigenvalue weighted by Gasteiger charge is -2.44. The molecule has 2 N–H and O–H groups in total. The minimum Gasteiger partial charge on any atom is -0.391 e. The normalized spacial score (nSPS) is 11.7. The zero-order valence-electron chi connectivity index (χ0n) is 28.7. The predicted octanol–water partition coefficient (Wildman–Crippen LogP) is 6.92. The molecular weight excluding hydrogens is 907 g/mol. The maximum atomic E-state index is 15.4. The molecule has 0 bridgehead atoms. The molecule has 324 valence electrons. The third-order valence-electron chi connectivity index (χ3n) is 8.77. The van der Waals surface area contributed by atoms with E-state index < -0.39 is 144 Å². The van der Waals surface area contributed by atoms with E-state index in [1.807, 2.05) is 12.1 Å². The van der Waals surface area contributed by atoms with Crippen LogP contribution in [0.4, 0.5) is 87.8 Å². The Kier molecular flexibility index (Phi) is 14.9. The minimum absolute atomic E-state index is 0.0929. The lowest BCUT2D eigenvalue weighted by molar-refractivity contribution is 0.316. The lowest BCUT2D eigenvalue weighted by atomic mass is 9.12. The van der Waals surface area contributed by atoms with Gasteiger partial charge in [0.25, 0.3) is 0 Å². The molecule has 0 aliphatic heterocycles. The van der Waals surface area contributed by atoms with Crippen molar-refractivity contribution in [3.8, 4) is 0 Å². The van der Waals surface area contributed by atoms with Crippen LogP contribution in [0.1, 0.15) is 5.56 Å². The minimum atomic E-state index is -7.22. The molecule has 0 aliphatic carbocycles. The van der Waals surface area contributed by atoms with E-state index in [1.54, 1.807) is 0 Å². The molecule has 5 aromatic rings. The molecule has 0 saturated carbocycles. The number of hydrogen-bond donors (Lipinski definition) is 3. The Morgan fingerprint density at radius 1 is 0.350 bits per heavy atom. The Hall–Kier alpha value is -4.62. The van der Waals surface area contributed by atoms with Crippen molar-refractivity contribution in [1.82, 2.24) is 0 Å². The van der Waals surface area contributed by atoms with Gasteiger partial charge in [-0.1, -0.05) is 12.1 Å². The molecule has 5 aromatic carbocycles. The second-order valence-electron chi connectivity index (χ2n) is 12.1. The van der Waals surface area contributed by atoms with Gasteiger partial charge in [0.05, 0.1) is 13.2 Å². The monoisotopic (exact) mass is 924 g/mol. The number of halogens is 20. The van der Waals surface area contributed by atoms with Gasteiger partial charge in [0.15, 0.2) is 69.8 Å². The number of aliphatic hydroxyl groups excluding tert-OH is 2. The van der Waals surface area contributed by atoms with E-state index in [2.05, 4.69) is 24.8 Å². The molecule has 0 unspecified atom stereocenters. The Bertz CT molecular complexity index is 2080. The summed E-state index contributed by atoms with van der Waals surface area (Å²) in [7, 11) is 0.0929. The van der Waals surface area contributed by atoms with E-state index in [0.717, 1.165) is 22.2 Å². The first-order chi connectivity index (χ1) is 28.0. The first-order valence-corrected chi connectivity index (χ1v) is 18.0. The second-order valence-corrected chi connectivity index (χ2v) is 14.9. The van der Waals surface area contributed by atoms with Crippen LogP contribution in [0.5, 0.6) is 0 Å². The van der Waals surface area contributed by atoms with Crippen molar-refractivity contribution < 1.29 is 98.0 Å². The van der Waals surface area contributed by atoms with Gasteiger partial charge in [0.1, 0.15) is 69.9 Å². The van der Waals surface area contributed by atoms with Crippen molar-refractivity contribution in [1.29, 1.82) is 0 Å². The second kappa shape index (κ2) is 18.6. The number of hydrogen-bond acceptors (Lipinski definition) is 3. The van der Waals surface area contributed by atoms with Crippen molar-refractivity contribution in [2.75, 3.05) is 24.7 Å². The molecular formula is C35H17BF20O2S2. The molecule has 25 heteroatoms. The standard InChI is InChI=1S/C24BF20.C11H16O2S2/c26-5-1(6(27)14(35)21(42)13(5)34)25(2-7(28)15(36)22(43)16(37)8(2)29,3-9(30)17(38)23(44)18(39)10(3)31)4-11(32)19(40)24(45)20(41)12(4)33;12-5-7-15(8-6-13)9-10-1-3-11(14)4-2-10/h;1-4,12-13H,5-9H2/q-1;/p+1. The summed E-state index contributed by atoms with van der Waals surface area (Å²) in [5, 5.41) is 17.8. The van der Waals surface area contributed by atoms with Gasteiger partial charge in [-0.25, -0.2) is 87.8 Å². The smallest absolute Gasteiger partial charge is 0.200 e. The molecule has 5 rings (SSSR count). The SMILES string of the molecule is Fc1c(F)c(F)c([B-](c2c(F)c(F)c(F)c(F)c2F)(c2c(F)c(F)c(F)c(F)c2F)c2c(F)c(F)c(F)c(F)c2F)c(F)c1F.OCC[S+](CCO)Cc1ccc(S)cc1. The summed E-state index contributed by atoms with van der Waals surface area (Å²) in [6.07, 6.45) is -7.22. The predicted molar refractivity (Wildman–Crippen MR) is 178 cm³/mol. The van der Waals surface area contributed by atoms with Crippen molar-refractivity contribution in [3.05, 3.63) is 146 Å². The van der Waals surface area contributed by atoms with E-state index in [-0.39, 0.29) is 24.1 Å². The zero-order chi connectivity index (χ0) is 45.5. The van der Waals surface area contributed by atoms with Crippen LogP contribution in [0.3, 0.4) is 0 Å². The van der Waals surface area contributed by atoms with Crippen LogP contribution in [-0.4, -0.2) is 41.1 Å². The molecule has 0 aliphatic rings. The number of benzene rings is 5. The molecule has 0 radical (unpaired) electrons. The zero-order valence-corrected chi connectivity index (χ0v) is 30.4. The molecule has 0 amide bonds. The highest BCUT2D eigenvalue weighted by Crippen LogP contribution is 2.30. The van der Waals surface area contributed by atoms with E-state index in [9.17, 15) is 52.7 Å². The van der Waals surface area contributed by atoms with Crippen LogP contribution in [0.15, 0.2) is 29.2 Å². The summed E-state index contributed by atoms with van der Waals surface area (Å²) in [6.45, 7) is 0.404. The highest BCUT2D eigenvalue weighted by atomic mass is 32.2. The van der Waals surface area contributed by atoms with Gasteiger partial charge in [-0.2, -0.15) is 0 Å². The molecule has 60 heavy (non-hydrogen) atoms. The first-order valence-electron chi connectivity index (χ1n) is 15.8. The van der Waals surface area contributed by atoms with Crippen LogP contribution in [-0.2, 0) is 16.6 Å². The topological polar surface area (TPSA) is 40.5 Å². The Morgan fingerprint density at radius 2 is 0.550 bits per heavy atom. The van der Waals surface area contributed by atoms with Crippen molar-refractivity contribution >= 4 is 51.5 Å². The van der Waals surface area contributed by atoms with Crippen LogP contribution in [0.2, 0.25) is 0 Å². The van der Waals surface area contributed by atoms with E-state index in [4.69, 9.17) is 10.2 Å². The maximum absolute atomic E-state index is 15.4. The molecule has 0 atom stereocenters. The summed E-state index contributed by atoms with van der Waals surface area (Å²) in [6, 6.07) is 8.05. The number of thiol groups is 1. The fourth-order valence-corrected chi connectivity index (χ4v) is 8.03. The number of rotatable bonds is 10. The lowest BCUT2D eigenvalue weighted by Crippen LogP contribution is -2.81. The van der Waals surface area contributed by atoms with Crippen LogP contribution >= 0.6 is 12.6 Å². The van der Waals surface area contributed by atoms with Crippen molar-refractivity contribution in [2.24, 2.45) is 0 Å². The van der Waals surface area contributed by atoms with E-state index in [1.165, 1.54) is 5.56 Å². The van der Waals surface area contributed by atoms with Crippen LogP contribution < -0.4 is 21.9 Å². The molecule has 0 aromatic heterocycles. The molecule has 0 spiro atoms. The maximum Gasteiger partial charge on any atom is 0.200 e. The van der Waals surface area contributed by atoms with E-state index >= 15 is 35.1 Å². The Balaban J connectivity index is 0.000000445. The van der Waals surface area contributed by atoms with Gasteiger partial charge in [-0.15, -0.1) is 34.5 Å². The van der Waals surface area contributed by atoms with Gasteiger partial charge in [-0.05, 0) is 23.0 Å². The van der Waals surface area contributed by atoms with Gasteiger partial charge >= 0.3 is 0 Å². The van der Waals surface area contributed by atoms with Crippen LogP contribution in [0, 0.1) is 116 Å². The Labute approximate surface area is 330 Å². The summed E-state index contributed by atoms with van der Waals surface area (Å²) in [5.74, 6) is -68.9. The van der Waals surface area contributed by atoms with Gasteiger partial charge < -0.3 is 10.2 Å². The largest absolute Gasteiger partial charge is 0.391 e. The summed E-state index contributed by atoms with van der Waals surface area (Å²) in [5.41, 5.74) is -13.1. The summed E-state index contributed by atoms with van der Waals surface area (Å²) >= 11 is 4.23. The quantitative estimate of drug-likeness (QED) is 0.0356. The number of aliphatic hydroxyl groups is 2. The van der Waals surface area contributed by atoms with Crippen LogP contribution in [0.25, 0.3) is 0 Å². The van der Waals surface area contributed by atoms with E-state index in [0.29, 0.717) is 0 Å². The van der Waals surface area contributed by atoms with Crippen molar-refractivity contribution in [2.45, 2.75) is 10.6 Å². The highest BCUT2D eigenvalue weighted by molar-refractivity contribution is 7.96. The van der Waals surface area contributed by atoms with Gasteiger partial charge in [0.2, 0.25) is 0 Å². The molecule has 2 nitrogen and oxygen atoms in total. The third-order valence-corrected chi connectivity index (χ3v) is 11.3. The Morgan fingerprint density at radius 3 is 0.750 bits per heavy atom. The summed E-state index contributed by atoms with van der Waals surface area (Å²) in [4.78, 5) is 0.961. The molecule has 0 heterocycles. The average molecular weight is 924 g/mol. The third kappa shape index (κ3) is 7.99. The van der Waals surface area contributed by atoms with Gasteiger partial charge in [0, 0.05) is 10.5 Å². The fourth-order valence-electron chi connectivity index (χ4n) is 6.21. The molecule has 0 fully saturated rings. The summed E-state index contributed by atoms with van der Waals surface area (Å²) < 4.78 is 294. The fraction of sp³-hybridized carbons (Fsp3) is 0.143. The van der Waals surface area contributed by atoms with Gasteiger partial charge in [-0.3, -0.25) is 0 Å². The van der Waals surface area contributed by atoms with Crippen molar-refractivity contribution in [3.63, 3.8) is 0 Å². The average Bonchev–Trinajstić information content (AvgIpc) is 3.22. The molecule has 0 saturated heterocycles.